The molecule has 0 amide bonds. The van der Waals surface area contributed by atoms with Crippen LogP contribution in [-0.2, 0) is 0 Å². The van der Waals surface area contributed by atoms with E-state index in [1.54, 1.807) is 6.08 Å². The van der Waals surface area contributed by atoms with Crippen molar-refractivity contribution >= 4 is 12.1 Å². The van der Waals surface area contributed by atoms with Crippen molar-refractivity contribution in [1.82, 2.24) is 0 Å². The van der Waals surface area contributed by atoms with Crippen molar-refractivity contribution in [3.8, 4) is 34.5 Å². The van der Waals surface area contributed by atoms with Crippen molar-refractivity contribution in [2.24, 2.45) is 5.92 Å². The zero-order valence-corrected chi connectivity index (χ0v) is 18.7. The van der Waals surface area contributed by atoms with Crippen LogP contribution in [0.3, 0.4) is 0 Å². The van der Waals surface area contributed by atoms with Crippen LogP contribution in [0.5, 0.6) is 34.5 Å². The zero-order chi connectivity index (χ0) is 25.4. The van der Waals surface area contributed by atoms with Gasteiger partial charge in [0.05, 0.1) is 11.1 Å². The van der Waals surface area contributed by atoms with E-state index in [1.807, 2.05) is 6.92 Å². The van der Waals surface area contributed by atoms with Crippen molar-refractivity contribution in [2.75, 3.05) is 0 Å². The summed E-state index contributed by atoms with van der Waals surface area (Å²) < 4.78 is 0. The van der Waals surface area contributed by atoms with E-state index in [9.17, 15) is 40.2 Å². The van der Waals surface area contributed by atoms with E-state index in [0.29, 0.717) is 18.3 Å². The molecule has 3 aromatic rings. The highest BCUT2D eigenvalue weighted by molar-refractivity contribution is 6.02. The third-order valence-corrected chi connectivity index (χ3v) is 6.45. The maximum atomic E-state index is 13.9. The summed E-state index contributed by atoms with van der Waals surface area (Å²) in [5, 5.41) is 61.1. The van der Waals surface area contributed by atoms with Gasteiger partial charge < -0.3 is 30.6 Å². The number of carbonyl (C=O) groups is 2. The summed E-state index contributed by atoms with van der Waals surface area (Å²) in [5.74, 6) is -4.72. The Morgan fingerprint density at radius 1 is 0.800 bits per heavy atom. The lowest BCUT2D eigenvalue weighted by molar-refractivity contribution is 0.0877. The molecule has 0 heterocycles. The van der Waals surface area contributed by atoms with Gasteiger partial charge in [-0.1, -0.05) is 17.7 Å². The summed E-state index contributed by atoms with van der Waals surface area (Å²) >= 11 is 0. The van der Waals surface area contributed by atoms with E-state index in [1.165, 1.54) is 36.4 Å². The van der Waals surface area contributed by atoms with Gasteiger partial charge in [0.15, 0.2) is 12.1 Å². The van der Waals surface area contributed by atoms with Crippen LogP contribution < -0.4 is 0 Å². The summed E-state index contributed by atoms with van der Waals surface area (Å²) in [6.45, 7) is 1.83. The molecular weight excluding hydrogens is 452 g/mol. The fourth-order valence-electron chi connectivity index (χ4n) is 4.86. The Morgan fingerprint density at radius 3 is 2.06 bits per heavy atom. The highest BCUT2D eigenvalue weighted by Gasteiger charge is 2.42. The average Bonchev–Trinajstić information content (AvgIpc) is 2.78. The number of rotatable bonds is 5. The molecule has 35 heavy (non-hydrogen) atoms. The minimum Gasteiger partial charge on any atom is -0.508 e. The van der Waals surface area contributed by atoms with Crippen LogP contribution in [0.2, 0.25) is 0 Å². The smallest absolute Gasteiger partial charge is 0.171 e. The first-order chi connectivity index (χ1) is 16.6. The molecule has 0 bridgehead atoms. The van der Waals surface area contributed by atoms with Gasteiger partial charge >= 0.3 is 0 Å². The summed E-state index contributed by atoms with van der Waals surface area (Å²) in [6, 6.07) is 10.0. The second-order valence-electron chi connectivity index (χ2n) is 8.77. The third kappa shape index (κ3) is 4.38. The Hall–Kier alpha value is -4.46. The standard InChI is InChI=1S/C27H24O8/c1-13-6-20(17-4-2-15(29)9-23(17)32)26(27(35)18-5-3-16(30)10-24(18)33)21(7-13)19-8-14(12-28)22(31)11-25(19)34/h2-5,7-12,20-21,26,29-34H,6H2,1H3. The number of aromatic hydroxyl groups is 6. The fourth-order valence-corrected chi connectivity index (χ4v) is 4.86. The molecule has 3 atom stereocenters. The Labute approximate surface area is 200 Å². The lowest BCUT2D eigenvalue weighted by Crippen LogP contribution is -2.31. The molecule has 0 fully saturated rings. The first-order valence-electron chi connectivity index (χ1n) is 10.9. The molecule has 0 radical (unpaired) electrons. The Bertz CT molecular complexity index is 1360. The van der Waals surface area contributed by atoms with Gasteiger partial charge in [0, 0.05) is 41.5 Å². The summed E-state index contributed by atoms with van der Waals surface area (Å²) in [5.41, 5.74) is 1.29. The molecule has 3 aromatic carbocycles. The van der Waals surface area contributed by atoms with Crippen molar-refractivity contribution in [3.05, 3.63) is 82.4 Å². The zero-order valence-electron chi connectivity index (χ0n) is 18.7. The molecule has 0 saturated carbocycles. The van der Waals surface area contributed by atoms with Gasteiger partial charge in [0.2, 0.25) is 0 Å². The molecule has 1 aliphatic carbocycles. The molecule has 8 heteroatoms. The van der Waals surface area contributed by atoms with Crippen LogP contribution in [-0.4, -0.2) is 42.7 Å². The molecule has 0 aliphatic heterocycles. The van der Waals surface area contributed by atoms with E-state index in [0.717, 1.165) is 17.7 Å². The number of phenols is 6. The number of allylic oxidation sites excluding steroid dienone is 2. The van der Waals surface area contributed by atoms with Crippen LogP contribution in [0.4, 0.5) is 0 Å². The molecule has 4 rings (SSSR count). The lowest BCUT2D eigenvalue weighted by atomic mass is 9.65. The molecule has 0 spiro atoms. The predicted molar refractivity (Wildman–Crippen MR) is 126 cm³/mol. The quantitative estimate of drug-likeness (QED) is 0.179. The van der Waals surface area contributed by atoms with Gasteiger partial charge in [0.1, 0.15) is 34.5 Å². The SMILES string of the molecule is CC1=CC(c2cc(C=O)c(O)cc2O)C(C(=O)c2ccc(O)cc2O)C(c2ccc(O)cc2O)C1. The molecule has 6 N–H and O–H groups in total. The Kier molecular flexibility index (Phi) is 6.13. The summed E-state index contributed by atoms with van der Waals surface area (Å²) in [6.07, 6.45) is 2.56. The predicted octanol–water partition coefficient (Wildman–Crippen LogP) is 4.45. The first-order valence-corrected chi connectivity index (χ1v) is 10.9. The number of benzene rings is 3. The molecule has 0 aromatic heterocycles. The second kappa shape index (κ2) is 9.06. The van der Waals surface area contributed by atoms with E-state index < -0.39 is 35.0 Å². The van der Waals surface area contributed by atoms with Gasteiger partial charge in [-0.2, -0.15) is 0 Å². The van der Waals surface area contributed by atoms with Crippen LogP contribution in [0.25, 0.3) is 0 Å². The topological polar surface area (TPSA) is 156 Å². The van der Waals surface area contributed by atoms with Gasteiger partial charge in [-0.25, -0.2) is 0 Å². The van der Waals surface area contributed by atoms with Crippen LogP contribution in [0, 0.1) is 5.92 Å². The van der Waals surface area contributed by atoms with Gasteiger partial charge in [-0.05, 0) is 43.2 Å². The third-order valence-electron chi connectivity index (χ3n) is 6.45. The van der Waals surface area contributed by atoms with Crippen molar-refractivity contribution < 1.29 is 40.2 Å². The highest BCUT2D eigenvalue weighted by atomic mass is 16.3. The van der Waals surface area contributed by atoms with E-state index in [4.69, 9.17) is 0 Å². The number of phenolic OH excluding ortho intramolecular Hbond substituents is 6. The van der Waals surface area contributed by atoms with Crippen LogP contribution >= 0.6 is 0 Å². The number of ketones is 1. The van der Waals surface area contributed by atoms with Gasteiger partial charge in [-0.15, -0.1) is 0 Å². The van der Waals surface area contributed by atoms with Crippen molar-refractivity contribution in [3.63, 3.8) is 0 Å². The largest absolute Gasteiger partial charge is 0.508 e. The average molecular weight is 476 g/mol. The number of carbonyl (C=O) groups excluding carboxylic acids is 2. The number of Topliss-reactive ketones (excluding diaryl/α,β-unsaturated/α-hetero) is 1. The molecule has 3 unspecified atom stereocenters. The normalized spacial score (nSPS) is 19.7. The van der Waals surface area contributed by atoms with Gasteiger partial charge in [0.25, 0.3) is 0 Å². The molecule has 1 aliphatic rings. The van der Waals surface area contributed by atoms with E-state index in [-0.39, 0.29) is 39.7 Å². The minimum absolute atomic E-state index is 0.0668. The Balaban J connectivity index is 1.95. The second-order valence-corrected chi connectivity index (χ2v) is 8.77. The summed E-state index contributed by atoms with van der Waals surface area (Å²) in [7, 11) is 0. The monoisotopic (exact) mass is 476 g/mol. The fraction of sp³-hybridized carbons (Fsp3) is 0.185. The minimum atomic E-state index is -0.973. The number of aldehydes is 1. The molecule has 8 nitrogen and oxygen atoms in total. The number of hydrogen-bond donors (Lipinski definition) is 6. The van der Waals surface area contributed by atoms with Crippen LogP contribution in [0.1, 0.15) is 57.0 Å². The maximum Gasteiger partial charge on any atom is 0.171 e. The molecule has 180 valence electrons. The first kappa shape index (κ1) is 23.7. The molecular formula is C27H24O8. The van der Waals surface area contributed by atoms with Crippen molar-refractivity contribution in [2.45, 2.75) is 25.2 Å². The van der Waals surface area contributed by atoms with Crippen LogP contribution in [0.15, 0.2) is 60.2 Å². The molecule has 0 saturated heterocycles. The van der Waals surface area contributed by atoms with E-state index in [2.05, 4.69) is 0 Å². The van der Waals surface area contributed by atoms with Crippen molar-refractivity contribution in [1.29, 1.82) is 0 Å². The van der Waals surface area contributed by atoms with E-state index >= 15 is 0 Å². The lowest BCUT2D eigenvalue weighted by Gasteiger charge is -2.37. The highest BCUT2D eigenvalue weighted by Crippen LogP contribution is 2.51. The summed E-state index contributed by atoms with van der Waals surface area (Å²) in [4.78, 5) is 25.4. The Morgan fingerprint density at radius 2 is 1.43 bits per heavy atom. The number of hydrogen-bond acceptors (Lipinski definition) is 8. The maximum absolute atomic E-state index is 13.9. The van der Waals surface area contributed by atoms with Gasteiger partial charge in [-0.3, -0.25) is 9.59 Å².